The minimum Gasteiger partial charge on any atom is -0.352 e. The SMILES string of the molecule is CC[C@H](C(=O)NC(C)C)N(Cc1ccccc1Cl)C(=O)CN(c1ccccc1C)S(=O)(=O)c1ccc(C)cc1. The molecule has 7 nitrogen and oxygen atoms in total. The second-order valence-corrected chi connectivity index (χ2v) is 12.1. The van der Waals surface area contributed by atoms with E-state index in [0.717, 1.165) is 9.87 Å². The van der Waals surface area contributed by atoms with Crippen molar-refractivity contribution in [3.8, 4) is 0 Å². The van der Waals surface area contributed by atoms with Gasteiger partial charge in [-0.25, -0.2) is 8.42 Å². The fourth-order valence-corrected chi connectivity index (χ4v) is 5.98. The van der Waals surface area contributed by atoms with Crippen LogP contribution in [0.5, 0.6) is 0 Å². The van der Waals surface area contributed by atoms with Crippen LogP contribution in [0, 0.1) is 13.8 Å². The van der Waals surface area contributed by atoms with Crippen LogP contribution >= 0.6 is 11.6 Å². The number of carbonyl (C=O) groups is 2. The van der Waals surface area contributed by atoms with Crippen molar-refractivity contribution in [3.05, 3.63) is 94.5 Å². The van der Waals surface area contributed by atoms with Gasteiger partial charge in [-0.05, 0) is 69.5 Å². The molecule has 0 bridgehead atoms. The third-order valence-electron chi connectivity index (χ3n) is 6.39. The average Bonchev–Trinajstić information content (AvgIpc) is 2.88. The highest BCUT2D eigenvalue weighted by atomic mass is 35.5. The quantitative estimate of drug-likeness (QED) is 0.331. The molecule has 0 saturated heterocycles. The van der Waals surface area contributed by atoms with Gasteiger partial charge in [-0.2, -0.15) is 0 Å². The standard InChI is InChI=1S/C30H36ClN3O4S/c1-6-27(30(36)32-21(2)3)33(19-24-12-8-9-13-26(24)31)29(35)20-34(28-14-10-7-11-23(28)5)39(37,38)25-17-15-22(4)16-18-25/h7-18,21,27H,6,19-20H2,1-5H3,(H,32,36)/t27-/m1/s1. The minimum atomic E-state index is -4.12. The number of para-hydroxylation sites is 1. The number of carbonyl (C=O) groups excluding carboxylic acids is 2. The number of anilines is 1. The normalized spacial score (nSPS) is 12.2. The van der Waals surface area contributed by atoms with Crippen LogP contribution in [-0.2, 0) is 26.2 Å². The lowest BCUT2D eigenvalue weighted by Crippen LogP contribution is -2.53. The zero-order chi connectivity index (χ0) is 28.7. The van der Waals surface area contributed by atoms with E-state index in [9.17, 15) is 18.0 Å². The summed E-state index contributed by atoms with van der Waals surface area (Å²) < 4.78 is 29.0. The van der Waals surface area contributed by atoms with Gasteiger partial charge >= 0.3 is 0 Å². The Bertz CT molecular complexity index is 1410. The Morgan fingerprint density at radius 2 is 1.54 bits per heavy atom. The minimum absolute atomic E-state index is 0.0503. The number of amides is 2. The van der Waals surface area contributed by atoms with Gasteiger partial charge < -0.3 is 10.2 Å². The molecule has 39 heavy (non-hydrogen) atoms. The van der Waals surface area contributed by atoms with Crippen molar-refractivity contribution in [2.75, 3.05) is 10.8 Å². The maximum Gasteiger partial charge on any atom is 0.264 e. The summed E-state index contributed by atoms with van der Waals surface area (Å²) in [6, 6.07) is 19.7. The molecule has 0 heterocycles. The summed E-state index contributed by atoms with van der Waals surface area (Å²) in [6.07, 6.45) is 0.337. The molecule has 2 amide bonds. The molecule has 9 heteroatoms. The van der Waals surface area contributed by atoms with E-state index in [1.54, 1.807) is 61.5 Å². The number of sulfonamides is 1. The van der Waals surface area contributed by atoms with Gasteiger partial charge in [-0.1, -0.05) is 72.6 Å². The Kier molecular flexibility index (Phi) is 10.2. The lowest BCUT2D eigenvalue weighted by Gasteiger charge is -2.34. The molecule has 0 radical (unpaired) electrons. The lowest BCUT2D eigenvalue weighted by molar-refractivity contribution is -0.140. The molecule has 0 aliphatic carbocycles. The average molecular weight is 570 g/mol. The fraction of sp³-hybridized carbons (Fsp3) is 0.333. The number of nitrogens with zero attached hydrogens (tertiary/aromatic N) is 2. The van der Waals surface area contributed by atoms with Gasteiger partial charge in [0.15, 0.2) is 0 Å². The van der Waals surface area contributed by atoms with Gasteiger partial charge in [0.05, 0.1) is 10.6 Å². The second kappa shape index (κ2) is 13.1. The molecule has 1 atom stereocenters. The largest absolute Gasteiger partial charge is 0.352 e. The Labute approximate surface area is 236 Å². The summed E-state index contributed by atoms with van der Waals surface area (Å²) in [7, 11) is -4.12. The van der Waals surface area contributed by atoms with E-state index >= 15 is 0 Å². The van der Waals surface area contributed by atoms with E-state index in [2.05, 4.69) is 5.32 Å². The van der Waals surface area contributed by atoms with Crippen LogP contribution in [0.3, 0.4) is 0 Å². The van der Waals surface area contributed by atoms with Gasteiger partial charge in [0, 0.05) is 17.6 Å². The van der Waals surface area contributed by atoms with Crippen LogP contribution in [0.25, 0.3) is 0 Å². The molecular formula is C30H36ClN3O4S. The number of halogens is 1. The van der Waals surface area contributed by atoms with Crippen molar-refractivity contribution < 1.29 is 18.0 Å². The van der Waals surface area contributed by atoms with Crippen LogP contribution < -0.4 is 9.62 Å². The Hall–Kier alpha value is -3.36. The Morgan fingerprint density at radius 1 is 0.923 bits per heavy atom. The van der Waals surface area contributed by atoms with Crippen molar-refractivity contribution >= 4 is 39.1 Å². The van der Waals surface area contributed by atoms with E-state index in [1.165, 1.54) is 17.0 Å². The number of aryl methyl sites for hydroxylation is 2. The van der Waals surface area contributed by atoms with Crippen molar-refractivity contribution in [1.82, 2.24) is 10.2 Å². The topological polar surface area (TPSA) is 86.8 Å². The van der Waals surface area contributed by atoms with Crippen LogP contribution in [0.1, 0.15) is 43.9 Å². The van der Waals surface area contributed by atoms with Crippen molar-refractivity contribution in [2.24, 2.45) is 0 Å². The predicted octanol–water partition coefficient (Wildman–Crippen LogP) is 5.48. The van der Waals surface area contributed by atoms with Crippen molar-refractivity contribution in [3.63, 3.8) is 0 Å². The van der Waals surface area contributed by atoms with E-state index < -0.39 is 28.5 Å². The Morgan fingerprint density at radius 3 is 2.13 bits per heavy atom. The van der Waals surface area contributed by atoms with Crippen LogP contribution in [-0.4, -0.2) is 43.8 Å². The van der Waals surface area contributed by atoms with Gasteiger partial charge in [0.2, 0.25) is 11.8 Å². The lowest BCUT2D eigenvalue weighted by atomic mass is 10.1. The maximum atomic E-state index is 14.1. The Balaban J connectivity index is 2.09. The molecule has 0 aromatic heterocycles. The monoisotopic (exact) mass is 569 g/mol. The van der Waals surface area contributed by atoms with E-state index in [-0.39, 0.29) is 23.4 Å². The fourth-order valence-electron chi connectivity index (χ4n) is 4.30. The zero-order valence-corrected chi connectivity index (χ0v) is 24.6. The molecule has 0 fully saturated rings. The highest BCUT2D eigenvalue weighted by Crippen LogP contribution is 2.28. The zero-order valence-electron chi connectivity index (χ0n) is 23.0. The number of hydrogen-bond acceptors (Lipinski definition) is 4. The smallest absolute Gasteiger partial charge is 0.264 e. The van der Waals surface area contributed by atoms with Gasteiger partial charge in [0.1, 0.15) is 12.6 Å². The number of benzene rings is 3. The molecule has 0 spiro atoms. The molecule has 208 valence electrons. The van der Waals surface area contributed by atoms with Crippen molar-refractivity contribution in [2.45, 2.75) is 64.6 Å². The summed E-state index contributed by atoms with van der Waals surface area (Å²) in [4.78, 5) is 28.8. The summed E-state index contributed by atoms with van der Waals surface area (Å²) in [5.74, 6) is -0.823. The highest BCUT2D eigenvalue weighted by Gasteiger charge is 2.34. The summed E-state index contributed by atoms with van der Waals surface area (Å²) in [5.41, 5.74) is 2.67. The summed E-state index contributed by atoms with van der Waals surface area (Å²) in [5, 5.41) is 3.34. The molecule has 0 aliphatic heterocycles. The predicted molar refractivity (Wildman–Crippen MR) is 156 cm³/mol. The van der Waals surface area contributed by atoms with Crippen molar-refractivity contribution in [1.29, 1.82) is 0 Å². The van der Waals surface area contributed by atoms with Gasteiger partial charge in [-0.15, -0.1) is 0 Å². The molecule has 3 rings (SSSR count). The third-order valence-corrected chi connectivity index (χ3v) is 8.53. The van der Waals surface area contributed by atoms with E-state index in [4.69, 9.17) is 11.6 Å². The second-order valence-electron chi connectivity index (χ2n) is 9.81. The summed E-state index contributed by atoms with van der Waals surface area (Å²) >= 11 is 6.43. The molecular weight excluding hydrogens is 534 g/mol. The first-order chi connectivity index (χ1) is 18.4. The summed E-state index contributed by atoms with van der Waals surface area (Å²) in [6.45, 7) is 8.74. The van der Waals surface area contributed by atoms with Gasteiger partial charge in [0.25, 0.3) is 10.0 Å². The van der Waals surface area contributed by atoms with Gasteiger partial charge in [-0.3, -0.25) is 13.9 Å². The molecule has 3 aromatic rings. The number of rotatable bonds is 11. The molecule has 3 aromatic carbocycles. The first-order valence-corrected chi connectivity index (χ1v) is 14.8. The molecule has 0 aliphatic rings. The van der Waals surface area contributed by atoms with Crippen LogP contribution in [0.15, 0.2) is 77.7 Å². The molecule has 0 saturated carbocycles. The first kappa shape index (κ1) is 30.2. The van der Waals surface area contributed by atoms with Crippen LogP contribution in [0.2, 0.25) is 5.02 Å². The highest BCUT2D eigenvalue weighted by molar-refractivity contribution is 7.92. The van der Waals surface area contributed by atoms with E-state index in [0.29, 0.717) is 28.3 Å². The third kappa shape index (κ3) is 7.40. The maximum absolute atomic E-state index is 14.1. The van der Waals surface area contributed by atoms with E-state index in [1.807, 2.05) is 33.8 Å². The van der Waals surface area contributed by atoms with Crippen LogP contribution in [0.4, 0.5) is 5.69 Å². The number of hydrogen-bond donors (Lipinski definition) is 1. The number of nitrogens with one attached hydrogen (secondary N) is 1. The first-order valence-electron chi connectivity index (χ1n) is 12.9. The molecule has 0 unspecified atom stereocenters. The molecule has 1 N–H and O–H groups in total.